The van der Waals surface area contributed by atoms with Crippen molar-refractivity contribution in [3.8, 4) is 66.8 Å². The third-order valence-electron chi connectivity index (χ3n) is 16.0. The summed E-state index contributed by atoms with van der Waals surface area (Å²) in [4.78, 5) is 0. The molecule has 15 aromatic carbocycles. The molecular weight excluding hydrogens is 881 g/mol. The number of hydrogen-bond donors (Lipinski definition) is 0. The largest absolute Gasteiger partial charge is 0.455 e. The fraction of sp³-hybridized carbons (Fsp3) is 0. The van der Waals surface area contributed by atoms with Gasteiger partial charge in [0.05, 0.1) is 0 Å². The first kappa shape index (κ1) is 40.2. The Labute approximate surface area is 421 Å². The van der Waals surface area contributed by atoms with Crippen molar-refractivity contribution in [3.63, 3.8) is 0 Å². The summed E-state index contributed by atoms with van der Waals surface area (Å²) in [6.45, 7) is 0. The molecule has 0 spiro atoms. The molecule has 0 aliphatic rings. The quantitative estimate of drug-likeness (QED) is 0.152. The van der Waals surface area contributed by atoms with Gasteiger partial charge in [-0.3, -0.25) is 0 Å². The maximum Gasteiger partial charge on any atom is 0.143 e. The van der Waals surface area contributed by atoms with Crippen LogP contribution in [0.2, 0.25) is 0 Å². The van der Waals surface area contributed by atoms with Gasteiger partial charge in [0.2, 0.25) is 0 Å². The van der Waals surface area contributed by atoms with Crippen molar-refractivity contribution in [1.82, 2.24) is 0 Å². The SMILES string of the molecule is c1ccc(-c2ccc3ccc4c(-c5cccc(-c6ccc7cc(-c8cccc(-c9ccc%10ccc%11c(-c%12ccccc%12)ccc%12ccc9c%10c%12%11)c8)c8c9ccccc9oc8c7c6)c5)ccc5ccc2c3c54)cc1. The van der Waals surface area contributed by atoms with Crippen molar-refractivity contribution in [2.24, 2.45) is 0 Å². The highest BCUT2D eigenvalue weighted by atomic mass is 16.3. The number of fused-ring (bicyclic) bond motifs is 5. The van der Waals surface area contributed by atoms with Crippen LogP contribution < -0.4 is 0 Å². The number of benzene rings is 15. The molecule has 0 radical (unpaired) electrons. The zero-order valence-corrected chi connectivity index (χ0v) is 39.7. The lowest BCUT2D eigenvalue weighted by Crippen LogP contribution is -1.90. The van der Waals surface area contributed by atoms with E-state index < -0.39 is 0 Å². The van der Waals surface area contributed by atoms with Gasteiger partial charge >= 0.3 is 0 Å². The van der Waals surface area contributed by atoms with Crippen LogP contribution in [0.4, 0.5) is 0 Å². The highest BCUT2D eigenvalue weighted by Crippen LogP contribution is 2.47. The van der Waals surface area contributed by atoms with E-state index in [4.69, 9.17) is 4.42 Å². The Morgan fingerprint density at radius 3 is 1.10 bits per heavy atom. The predicted octanol–water partition coefficient (Wildman–Crippen LogP) is 20.5. The minimum absolute atomic E-state index is 0.890. The topological polar surface area (TPSA) is 13.1 Å². The first-order chi connectivity index (χ1) is 36.2. The molecular formula is C72H42O. The van der Waals surface area contributed by atoms with E-state index in [0.717, 1.165) is 43.8 Å². The molecule has 0 amide bonds. The zero-order chi connectivity index (χ0) is 47.7. The van der Waals surface area contributed by atoms with Crippen LogP contribution in [0.1, 0.15) is 0 Å². The second kappa shape index (κ2) is 15.5. The fourth-order valence-corrected chi connectivity index (χ4v) is 12.6. The van der Waals surface area contributed by atoms with Crippen molar-refractivity contribution in [2.75, 3.05) is 0 Å². The molecule has 0 bridgehead atoms. The molecule has 336 valence electrons. The second-order valence-corrected chi connectivity index (χ2v) is 19.9. The van der Waals surface area contributed by atoms with Gasteiger partial charge in [-0.15, -0.1) is 0 Å². The highest BCUT2D eigenvalue weighted by Gasteiger charge is 2.21. The molecule has 0 saturated heterocycles. The standard InChI is InChI=1S/C72H42O/c1-3-11-43(12-4-1)55-31-23-45-29-37-61-57(33-25-47-27-35-59(55)67(45)69(47)61)51-16-9-15-49(39-51)50-21-22-54-42-64(71-63-19-7-8-20-66(63)73-72(71)65(54)41-50)53-18-10-17-52(40-53)58-34-26-48-28-36-60-56(44-13-5-2-6-14-44)32-24-46-30-38-62(58)70(48)68(46)60/h1-42H. The van der Waals surface area contributed by atoms with Crippen LogP contribution in [-0.4, -0.2) is 0 Å². The number of rotatable bonds is 6. The van der Waals surface area contributed by atoms with Crippen molar-refractivity contribution in [3.05, 3.63) is 255 Å². The summed E-state index contributed by atoms with van der Waals surface area (Å²) < 4.78 is 6.93. The van der Waals surface area contributed by atoms with Crippen LogP contribution in [0.3, 0.4) is 0 Å². The van der Waals surface area contributed by atoms with E-state index in [9.17, 15) is 0 Å². The minimum Gasteiger partial charge on any atom is -0.455 e. The molecule has 1 heteroatoms. The van der Waals surface area contributed by atoms with Crippen LogP contribution in [-0.2, 0) is 0 Å². The fourth-order valence-electron chi connectivity index (χ4n) is 12.6. The zero-order valence-electron chi connectivity index (χ0n) is 39.7. The molecule has 0 fully saturated rings. The Balaban J connectivity index is 0.822. The minimum atomic E-state index is 0.890. The third-order valence-corrected chi connectivity index (χ3v) is 16.0. The lowest BCUT2D eigenvalue weighted by atomic mass is 9.86. The van der Waals surface area contributed by atoms with Crippen LogP contribution >= 0.6 is 0 Å². The molecule has 1 aromatic heterocycles. The van der Waals surface area contributed by atoms with Crippen molar-refractivity contribution >= 4 is 97.3 Å². The summed E-state index contributed by atoms with van der Waals surface area (Å²) in [5, 5.41) is 20.0. The Morgan fingerprint density at radius 2 is 0.575 bits per heavy atom. The van der Waals surface area contributed by atoms with Gasteiger partial charge < -0.3 is 4.42 Å². The normalized spacial score (nSPS) is 12.1. The summed E-state index contributed by atoms with van der Waals surface area (Å²) in [5.41, 5.74) is 16.3. The summed E-state index contributed by atoms with van der Waals surface area (Å²) in [7, 11) is 0. The van der Waals surface area contributed by atoms with E-state index in [0.29, 0.717) is 0 Å². The van der Waals surface area contributed by atoms with Crippen molar-refractivity contribution in [1.29, 1.82) is 0 Å². The van der Waals surface area contributed by atoms with Gasteiger partial charge in [0.1, 0.15) is 11.2 Å². The third kappa shape index (κ3) is 6.03. The van der Waals surface area contributed by atoms with Gasteiger partial charge in [0, 0.05) is 16.2 Å². The lowest BCUT2D eigenvalue weighted by molar-refractivity contribution is 0.673. The first-order valence-corrected chi connectivity index (χ1v) is 25.3. The van der Waals surface area contributed by atoms with Crippen molar-refractivity contribution < 1.29 is 4.42 Å². The van der Waals surface area contributed by atoms with Gasteiger partial charge in [0.15, 0.2) is 0 Å². The number of hydrogen-bond acceptors (Lipinski definition) is 1. The smallest absolute Gasteiger partial charge is 0.143 e. The summed E-state index contributed by atoms with van der Waals surface area (Å²) in [5.74, 6) is 0. The van der Waals surface area contributed by atoms with Gasteiger partial charge in [-0.1, -0.05) is 224 Å². The molecule has 0 saturated carbocycles. The lowest BCUT2D eigenvalue weighted by Gasteiger charge is -2.17. The Morgan fingerprint density at radius 1 is 0.192 bits per heavy atom. The Bertz CT molecular complexity index is 4880. The monoisotopic (exact) mass is 922 g/mol. The number of furan rings is 1. The molecule has 0 N–H and O–H groups in total. The van der Waals surface area contributed by atoms with Gasteiger partial charge in [-0.05, 0) is 167 Å². The summed E-state index contributed by atoms with van der Waals surface area (Å²) in [6, 6.07) is 94.3. The van der Waals surface area contributed by atoms with Gasteiger partial charge in [-0.2, -0.15) is 0 Å². The maximum atomic E-state index is 6.93. The van der Waals surface area contributed by atoms with E-state index in [-0.39, 0.29) is 0 Å². The molecule has 1 nitrogen and oxygen atoms in total. The van der Waals surface area contributed by atoms with Crippen LogP contribution in [0.25, 0.3) is 164 Å². The summed E-state index contributed by atoms with van der Waals surface area (Å²) >= 11 is 0. The molecule has 0 aliphatic heterocycles. The van der Waals surface area contributed by atoms with Crippen molar-refractivity contribution in [2.45, 2.75) is 0 Å². The van der Waals surface area contributed by atoms with Gasteiger partial charge in [0.25, 0.3) is 0 Å². The molecule has 1 heterocycles. The number of para-hydroxylation sites is 1. The molecule has 0 aliphatic carbocycles. The average molecular weight is 923 g/mol. The summed E-state index contributed by atoms with van der Waals surface area (Å²) in [6.07, 6.45) is 0. The van der Waals surface area contributed by atoms with E-state index in [1.165, 1.54) is 120 Å². The van der Waals surface area contributed by atoms with E-state index in [1.54, 1.807) is 0 Å². The molecule has 0 atom stereocenters. The highest BCUT2D eigenvalue weighted by molar-refractivity contribution is 6.29. The van der Waals surface area contributed by atoms with Crippen LogP contribution in [0.5, 0.6) is 0 Å². The average Bonchev–Trinajstić information content (AvgIpc) is 3.86. The molecule has 16 rings (SSSR count). The maximum absolute atomic E-state index is 6.93. The second-order valence-electron chi connectivity index (χ2n) is 19.9. The Kier molecular flexibility index (Phi) is 8.52. The first-order valence-electron chi connectivity index (χ1n) is 25.3. The van der Waals surface area contributed by atoms with Gasteiger partial charge in [-0.25, -0.2) is 0 Å². The molecule has 73 heavy (non-hydrogen) atoms. The predicted molar refractivity (Wildman–Crippen MR) is 311 cm³/mol. The molecule has 0 unspecified atom stereocenters. The van der Waals surface area contributed by atoms with E-state index in [1.807, 2.05) is 0 Å². The Hall–Kier alpha value is -9.56. The van der Waals surface area contributed by atoms with Crippen LogP contribution in [0.15, 0.2) is 259 Å². The van der Waals surface area contributed by atoms with E-state index >= 15 is 0 Å². The van der Waals surface area contributed by atoms with Crippen LogP contribution in [0, 0.1) is 0 Å². The molecule has 16 aromatic rings. The van der Waals surface area contributed by atoms with E-state index in [2.05, 4.69) is 255 Å².